The Kier molecular flexibility index (Phi) is 6.20. The summed E-state index contributed by atoms with van der Waals surface area (Å²) in [6.07, 6.45) is 2.31. The largest absolute Gasteiger partial charge is 0.350 e. The molecular weight excluding hydrogens is 246 g/mol. The molecule has 0 fully saturated rings. The summed E-state index contributed by atoms with van der Waals surface area (Å²) < 4.78 is 0. The fourth-order valence-electron chi connectivity index (χ4n) is 2.00. The highest BCUT2D eigenvalue weighted by Gasteiger charge is 2.11. The molecule has 0 spiro atoms. The number of amides is 1. The van der Waals surface area contributed by atoms with E-state index < -0.39 is 0 Å². The fraction of sp³-hybridized carbons (Fsp3) is 0.533. The number of hydrogen-bond acceptors (Lipinski definition) is 1. The van der Waals surface area contributed by atoms with Crippen molar-refractivity contribution in [2.75, 3.05) is 5.88 Å². The van der Waals surface area contributed by atoms with E-state index in [1.54, 1.807) is 0 Å². The van der Waals surface area contributed by atoms with Gasteiger partial charge in [-0.15, -0.1) is 11.6 Å². The second-order valence-corrected chi connectivity index (χ2v) is 5.17. The number of nitrogens with one attached hydrogen (secondary N) is 1. The molecule has 0 aliphatic carbocycles. The van der Waals surface area contributed by atoms with Crippen LogP contribution in [0.5, 0.6) is 0 Å². The van der Waals surface area contributed by atoms with E-state index in [0.29, 0.717) is 12.3 Å². The molecular formula is C15H22ClNO. The number of rotatable bonds is 6. The van der Waals surface area contributed by atoms with Crippen LogP contribution in [0.2, 0.25) is 0 Å². The summed E-state index contributed by atoms with van der Waals surface area (Å²) in [6.45, 7) is 6.17. The maximum absolute atomic E-state index is 11.7. The summed E-state index contributed by atoms with van der Waals surface area (Å²) in [5.41, 5.74) is 3.63. The van der Waals surface area contributed by atoms with Gasteiger partial charge in [-0.1, -0.05) is 23.8 Å². The number of carbonyl (C=O) groups is 1. The molecule has 3 heteroatoms. The fourth-order valence-corrected chi connectivity index (χ4v) is 2.19. The molecule has 1 rings (SSSR count). The Morgan fingerprint density at radius 2 is 2.06 bits per heavy atom. The van der Waals surface area contributed by atoms with Crippen LogP contribution < -0.4 is 5.32 Å². The summed E-state index contributed by atoms with van der Waals surface area (Å²) >= 11 is 5.59. The van der Waals surface area contributed by atoms with Crippen molar-refractivity contribution in [3.8, 4) is 0 Å². The topological polar surface area (TPSA) is 29.1 Å². The van der Waals surface area contributed by atoms with Gasteiger partial charge in [-0.05, 0) is 44.7 Å². The van der Waals surface area contributed by atoms with E-state index >= 15 is 0 Å². The SMILES string of the molecule is Cc1ccc(C)c(C(C)NC(=O)CCCCCl)c1. The summed E-state index contributed by atoms with van der Waals surface area (Å²) in [5.74, 6) is 0.730. The van der Waals surface area contributed by atoms with Crippen LogP contribution in [0, 0.1) is 13.8 Å². The first-order valence-electron chi connectivity index (χ1n) is 6.47. The van der Waals surface area contributed by atoms with Crippen molar-refractivity contribution < 1.29 is 4.79 Å². The van der Waals surface area contributed by atoms with Gasteiger partial charge in [0.05, 0.1) is 6.04 Å². The van der Waals surface area contributed by atoms with E-state index in [2.05, 4.69) is 37.4 Å². The number of unbranched alkanes of at least 4 members (excludes halogenated alkanes) is 1. The molecule has 1 atom stereocenters. The molecule has 0 heterocycles. The van der Waals surface area contributed by atoms with Gasteiger partial charge in [-0.3, -0.25) is 4.79 Å². The van der Waals surface area contributed by atoms with Gasteiger partial charge in [-0.2, -0.15) is 0 Å². The quantitative estimate of drug-likeness (QED) is 0.615. The molecule has 1 amide bonds. The molecule has 1 aromatic rings. The van der Waals surface area contributed by atoms with Crippen molar-refractivity contribution in [2.45, 2.75) is 46.1 Å². The zero-order valence-electron chi connectivity index (χ0n) is 11.4. The van der Waals surface area contributed by atoms with Gasteiger partial charge in [0.15, 0.2) is 0 Å². The zero-order valence-corrected chi connectivity index (χ0v) is 12.2. The van der Waals surface area contributed by atoms with Crippen molar-refractivity contribution in [3.63, 3.8) is 0 Å². The maximum Gasteiger partial charge on any atom is 0.220 e. The first-order chi connectivity index (χ1) is 8.54. The molecule has 0 saturated carbocycles. The third-order valence-electron chi connectivity index (χ3n) is 3.07. The lowest BCUT2D eigenvalue weighted by molar-refractivity contribution is -0.121. The standard InChI is InChI=1S/C15H22ClNO/c1-11-7-8-12(2)14(10-11)13(3)17-15(18)6-4-5-9-16/h7-8,10,13H,4-6,9H2,1-3H3,(H,17,18). The van der Waals surface area contributed by atoms with E-state index in [4.69, 9.17) is 11.6 Å². The lowest BCUT2D eigenvalue weighted by Gasteiger charge is -2.17. The molecule has 2 nitrogen and oxygen atoms in total. The smallest absolute Gasteiger partial charge is 0.220 e. The second kappa shape index (κ2) is 7.42. The lowest BCUT2D eigenvalue weighted by Crippen LogP contribution is -2.26. The molecule has 0 radical (unpaired) electrons. The van der Waals surface area contributed by atoms with Crippen LogP contribution in [0.1, 0.15) is 48.9 Å². The highest BCUT2D eigenvalue weighted by Crippen LogP contribution is 2.19. The first kappa shape index (κ1) is 15.0. The highest BCUT2D eigenvalue weighted by molar-refractivity contribution is 6.17. The number of hydrogen-bond donors (Lipinski definition) is 1. The van der Waals surface area contributed by atoms with E-state index in [1.165, 1.54) is 16.7 Å². The predicted molar refractivity (Wildman–Crippen MR) is 77.0 cm³/mol. The predicted octanol–water partition coefficient (Wildman–Crippen LogP) is 3.89. The molecule has 0 bridgehead atoms. The Hall–Kier alpha value is -1.02. The summed E-state index contributed by atoms with van der Waals surface area (Å²) in [5, 5.41) is 3.04. The summed E-state index contributed by atoms with van der Waals surface area (Å²) in [6, 6.07) is 6.39. The van der Waals surface area contributed by atoms with Gasteiger partial charge in [0.2, 0.25) is 5.91 Å². The Morgan fingerprint density at radius 3 is 2.72 bits per heavy atom. The molecule has 0 aliphatic heterocycles. The van der Waals surface area contributed by atoms with Crippen LogP contribution in [0.25, 0.3) is 0 Å². The minimum atomic E-state index is 0.0633. The number of halogens is 1. The number of alkyl halides is 1. The highest BCUT2D eigenvalue weighted by atomic mass is 35.5. The van der Waals surface area contributed by atoms with Crippen molar-refractivity contribution in [1.82, 2.24) is 5.32 Å². The van der Waals surface area contributed by atoms with Crippen molar-refractivity contribution in [2.24, 2.45) is 0 Å². The Morgan fingerprint density at radius 1 is 1.33 bits per heavy atom. The average Bonchev–Trinajstić information content (AvgIpc) is 2.32. The van der Waals surface area contributed by atoms with Crippen LogP contribution in [-0.4, -0.2) is 11.8 Å². The van der Waals surface area contributed by atoms with Gasteiger partial charge in [-0.25, -0.2) is 0 Å². The number of benzene rings is 1. The summed E-state index contributed by atoms with van der Waals surface area (Å²) in [7, 11) is 0. The third-order valence-corrected chi connectivity index (χ3v) is 3.33. The molecule has 0 aliphatic rings. The van der Waals surface area contributed by atoms with Gasteiger partial charge in [0, 0.05) is 12.3 Å². The zero-order chi connectivity index (χ0) is 13.5. The van der Waals surface area contributed by atoms with E-state index in [9.17, 15) is 4.79 Å². The normalized spacial score (nSPS) is 12.2. The molecule has 0 saturated heterocycles. The van der Waals surface area contributed by atoms with Crippen LogP contribution in [0.15, 0.2) is 18.2 Å². The number of aryl methyl sites for hydroxylation is 2. The van der Waals surface area contributed by atoms with Gasteiger partial charge >= 0.3 is 0 Å². The van der Waals surface area contributed by atoms with Crippen LogP contribution in [-0.2, 0) is 4.79 Å². The average molecular weight is 268 g/mol. The maximum atomic E-state index is 11.7. The molecule has 1 N–H and O–H groups in total. The minimum Gasteiger partial charge on any atom is -0.350 e. The van der Waals surface area contributed by atoms with Crippen LogP contribution in [0.4, 0.5) is 0 Å². The van der Waals surface area contributed by atoms with Crippen LogP contribution >= 0.6 is 11.6 Å². The van der Waals surface area contributed by atoms with E-state index in [1.807, 2.05) is 6.92 Å². The molecule has 100 valence electrons. The lowest BCUT2D eigenvalue weighted by atomic mass is 10.00. The monoisotopic (exact) mass is 267 g/mol. The molecule has 1 unspecified atom stereocenters. The Balaban J connectivity index is 2.56. The van der Waals surface area contributed by atoms with Gasteiger partial charge in [0.1, 0.15) is 0 Å². The van der Waals surface area contributed by atoms with Gasteiger partial charge < -0.3 is 5.32 Å². The van der Waals surface area contributed by atoms with E-state index in [0.717, 1.165) is 12.8 Å². The van der Waals surface area contributed by atoms with E-state index in [-0.39, 0.29) is 11.9 Å². The van der Waals surface area contributed by atoms with Crippen molar-refractivity contribution in [3.05, 3.63) is 34.9 Å². The van der Waals surface area contributed by atoms with Crippen LogP contribution in [0.3, 0.4) is 0 Å². The van der Waals surface area contributed by atoms with Gasteiger partial charge in [0.25, 0.3) is 0 Å². The Labute approximate surface area is 115 Å². The third kappa shape index (κ3) is 4.69. The summed E-state index contributed by atoms with van der Waals surface area (Å²) in [4.78, 5) is 11.7. The number of carbonyl (C=O) groups excluding carboxylic acids is 1. The van der Waals surface area contributed by atoms with Crippen molar-refractivity contribution >= 4 is 17.5 Å². The van der Waals surface area contributed by atoms with Crippen molar-refractivity contribution in [1.29, 1.82) is 0 Å². The second-order valence-electron chi connectivity index (χ2n) is 4.80. The Bertz CT molecular complexity index is 403. The first-order valence-corrected chi connectivity index (χ1v) is 7.00. The molecule has 0 aromatic heterocycles. The molecule has 18 heavy (non-hydrogen) atoms. The minimum absolute atomic E-state index is 0.0633. The molecule has 1 aromatic carbocycles.